The van der Waals surface area contributed by atoms with Crippen molar-refractivity contribution in [1.82, 2.24) is 4.98 Å². The molecule has 0 radical (unpaired) electrons. The lowest BCUT2D eigenvalue weighted by Crippen LogP contribution is -1.84. The summed E-state index contributed by atoms with van der Waals surface area (Å²) in [6.45, 7) is 2.30. The maximum atomic E-state index is 8.04. The quantitative estimate of drug-likeness (QED) is 0.189. The minimum absolute atomic E-state index is 0.375. The number of aromatic nitrogens is 1. The first kappa shape index (κ1) is 11.4. The summed E-state index contributed by atoms with van der Waals surface area (Å²) in [5.41, 5.74) is 9.76. The van der Waals surface area contributed by atoms with Crippen molar-refractivity contribution in [2.24, 2.45) is 5.11 Å². The molecule has 1 rings (SSSR count). The van der Waals surface area contributed by atoms with Crippen LogP contribution in [0.15, 0.2) is 17.4 Å². The number of halogens is 1. The van der Waals surface area contributed by atoms with Crippen LogP contribution in [0.25, 0.3) is 10.4 Å². The molecule has 0 saturated heterocycles. The molecule has 5 heteroatoms. The average molecular weight is 221 g/mol. The monoisotopic (exact) mass is 220 g/mol. The highest BCUT2D eigenvalue weighted by Crippen LogP contribution is 2.12. The number of aryl methyl sites for hydroxylation is 1. The molecule has 4 nitrogen and oxygen atoms in total. The van der Waals surface area contributed by atoms with Gasteiger partial charge < -0.3 is 0 Å². The van der Waals surface area contributed by atoms with Gasteiger partial charge in [-0.1, -0.05) is 28.6 Å². The van der Waals surface area contributed by atoms with Crippen molar-refractivity contribution in [2.75, 3.05) is 6.54 Å². The van der Waals surface area contributed by atoms with Crippen molar-refractivity contribution >= 4 is 11.6 Å². The minimum atomic E-state index is 0.375. The summed E-state index contributed by atoms with van der Waals surface area (Å²) in [7, 11) is 0. The van der Waals surface area contributed by atoms with Crippen LogP contribution >= 0.6 is 11.6 Å². The first-order valence-electron chi connectivity index (χ1n) is 4.36. The number of hydrogen-bond acceptors (Lipinski definition) is 2. The van der Waals surface area contributed by atoms with Crippen molar-refractivity contribution in [3.05, 3.63) is 39.0 Å². The Morgan fingerprint density at radius 2 is 2.47 bits per heavy atom. The fraction of sp³-hybridized carbons (Fsp3) is 0.300. The molecule has 0 atom stereocenters. The Morgan fingerprint density at radius 3 is 3.20 bits per heavy atom. The topological polar surface area (TPSA) is 61.7 Å². The lowest BCUT2D eigenvalue weighted by Gasteiger charge is -1.95. The van der Waals surface area contributed by atoms with Gasteiger partial charge in [-0.15, -0.1) is 0 Å². The van der Waals surface area contributed by atoms with Gasteiger partial charge in [-0.05, 0) is 24.1 Å². The molecule has 0 N–H and O–H groups in total. The molecule has 0 saturated carbocycles. The Morgan fingerprint density at radius 1 is 1.67 bits per heavy atom. The van der Waals surface area contributed by atoms with E-state index in [2.05, 4.69) is 26.9 Å². The molecule has 1 aromatic rings. The third kappa shape index (κ3) is 3.90. The van der Waals surface area contributed by atoms with E-state index in [-0.39, 0.29) is 0 Å². The van der Waals surface area contributed by atoms with Crippen molar-refractivity contribution in [2.45, 2.75) is 13.3 Å². The van der Waals surface area contributed by atoms with Crippen molar-refractivity contribution in [3.8, 4) is 11.8 Å². The van der Waals surface area contributed by atoms with Crippen LogP contribution in [0.3, 0.4) is 0 Å². The summed E-state index contributed by atoms with van der Waals surface area (Å²) in [6.07, 6.45) is 2.21. The average Bonchev–Trinajstić information content (AvgIpc) is 2.23. The smallest absolute Gasteiger partial charge is 0.144 e. The lowest BCUT2D eigenvalue weighted by molar-refractivity contribution is 1.01. The zero-order valence-electron chi connectivity index (χ0n) is 8.24. The molecule has 1 aromatic heterocycles. The Labute approximate surface area is 92.9 Å². The molecule has 0 unspecified atom stereocenters. The Bertz CT molecular complexity index is 452. The molecule has 0 aliphatic rings. The van der Waals surface area contributed by atoms with Gasteiger partial charge in [-0.2, -0.15) is 0 Å². The van der Waals surface area contributed by atoms with E-state index in [0.29, 0.717) is 23.7 Å². The van der Waals surface area contributed by atoms with E-state index in [9.17, 15) is 0 Å². The molecule has 15 heavy (non-hydrogen) atoms. The molecule has 0 aromatic carbocycles. The van der Waals surface area contributed by atoms with Crippen LogP contribution in [-0.4, -0.2) is 11.5 Å². The standard InChI is InChI=1S/C10H9ClN4/c1-8-6-9(10(11)13-7-8)4-2-3-5-14-15-12/h6-7H,3,5H2,1H3. The van der Waals surface area contributed by atoms with Gasteiger partial charge in [-0.3, -0.25) is 0 Å². The summed E-state index contributed by atoms with van der Waals surface area (Å²) < 4.78 is 0. The van der Waals surface area contributed by atoms with Gasteiger partial charge in [0.05, 0.1) is 5.56 Å². The predicted molar refractivity (Wildman–Crippen MR) is 59.5 cm³/mol. The molecular formula is C10H9ClN4. The second-order valence-electron chi connectivity index (χ2n) is 2.86. The lowest BCUT2D eigenvalue weighted by atomic mass is 10.2. The number of rotatable bonds is 2. The maximum absolute atomic E-state index is 8.04. The molecule has 0 fully saturated rings. The maximum Gasteiger partial charge on any atom is 0.144 e. The summed E-state index contributed by atoms with van der Waals surface area (Å²) in [4.78, 5) is 6.61. The van der Waals surface area contributed by atoms with Crippen LogP contribution in [0, 0.1) is 18.8 Å². The Kier molecular flexibility index (Phi) is 4.49. The number of pyridine rings is 1. The number of hydrogen-bond donors (Lipinski definition) is 0. The van der Waals surface area contributed by atoms with Gasteiger partial charge in [0, 0.05) is 24.1 Å². The van der Waals surface area contributed by atoms with Gasteiger partial charge in [0.2, 0.25) is 0 Å². The molecule has 76 valence electrons. The Hall–Kier alpha value is -1.69. The summed E-state index contributed by atoms with van der Waals surface area (Å²) in [6, 6.07) is 1.87. The predicted octanol–water partition coefficient (Wildman–Crippen LogP) is 3.10. The molecule has 0 aliphatic carbocycles. The van der Waals surface area contributed by atoms with Crippen molar-refractivity contribution in [3.63, 3.8) is 0 Å². The third-order valence-electron chi connectivity index (χ3n) is 1.60. The molecule has 0 aliphatic heterocycles. The normalized spacial score (nSPS) is 8.67. The fourth-order valence-electron chi connectivity index (χ4n) is 0.949. The van der Waals surface area contributed by atoms with E-state index < -0.39 is 0 Å². The first-order chi connectivity index (χ1) is 7.24. The van der Waals surface area contributed by atoms with Gasteiger partial charge in [0.25, 0.3) is 0 Å². The summed E-state index contributed by atoms with van der Waals surface area (Å²) in [5, 5.41) is 3.77. The molecule has 1 heterocycles. The van der Waals surface area contributed by atoms with E-state index in [1.165, 1.54) is 0 Å². The molecular weight excluding hydrogens is 212 g/mol. The van der Waals surface area contributed by atoms with E-state index in [4.69, 9.17) is 17.1 Å². The van der Waals surface area contributed by atoms with E-state index in [0.717, 1.165) is 5.56 Å². The van der Waals surface area contributed by atoms with E-state index in [1.807, 2.05) is 13.0 Å². The minimum Gasteiger partial charge on any atom is -0.243 e. The van der Waals surface area contributed by atoms with Crippen LogP contribution in [-0.2, 0) is 0 Å². The van der Waals surface area contributed by atoms with Crippen LogP contribution in [0.1, 0.15) is 17.5 Å². The molecule has 0 amide bonds. The summed E-state index contributed by atoms with van der Waals surface area (Å²) in [5.74, 6) is 5.75. The largest absolute Gasteiger partial charge is 0.243 e. The van der Waals surface area contributed by atoms with Crippen molar-refractivity contribution in [1.29, 1.82) is 0 Å². The Balaban J connectivity index is 2.70. The fourth-order valence-corrected chi connectivity index (χ4v) is 1.10. The third-order valence-corrected chi connectivity index (χ3v) is 1.90. The van der Waals surface area contributed by atoms with Gasteiger partial charge in [0.1, 0.15) is 5.15 Å². The van der Waals surface area contributed by atoms with Crippen molar-refractivity contribution < 1.29 is 0 Å². The highest BCUT2D eigenvalue weighted by molar-refractivity contribution is 6.30. The zero-order valence-corrected chi connectivity index (χ0v) is 8.99. The van der Waals surface area contributed by atoms with Gasteiger partial charge >= 0.3 is 0 Å². The number of azide groups is 1. The highest BCUT2D eigenvalue weighted by Gasteiger charge is 1.97. The van der Waals surface area contributed by atoms with Crippen LogP contribution in [0.5, 0.6) is 0 Å². The van der Waals surface area contributed by atoms with Gasteiger partial charge in [-0.25, -0.2) is 4.98 Å². The second kappa shape index (κ2) is 5.92. The number of nitrogens with zero attached hydrogens (tertiary/aromatic N) is 4. The highest BCUT2D eigenvalue weighted by atomic mass is 35.5. The second-order valence-corrected chi connectivity index (χ2v) is 3.22. The molecule has 0 bridgehead atoms. The zero-order chi connectivity index (χ0) is 11.1. The first-order valence-corrected chi connectivity index (χ1v) is 4.73. The van der Waals surface area contributed by atoms with E-state index in [1.54, 1.807) is 6.20 Å². The van der Waals surface area contributed by atoms with Gasteiger partial charge in [0.15, 0.2) is 0 Å². The van der Waals surface area contributed by atoms with E-state index >= 15 is 0 Å². The van der Waals surface area contributed by atoms with Crippen LogP contribution in [0.2, 0.25) is 5.15 Å². The SMILES string of the molecule is Cc1cnc(Cl)c(C#CCCN=[N+]=[N-])c1. The van der Waals surface area contributed by atoms with Crippen LogP contribution < -0.4 is 0 Å². The summed E-state index contributed by atoms with van der Waals surface area (Å²) >= 11 is 5.84. The van der Waals surface area contributed by atoms with Crippen LogP contribution in [0.4, 0.5) is 0 Å². The molecule has 0 spiro atoms.